The van der Waals surface area contributed by atoms with Gasteiger partial charge in [0.25, 0.3) is 0 Å². The lowest BCUT2D eigenvalue weighted by Gasteiger charge is -2.29. The quantitative estimate of drug-likeness (QED) is 0.720. The fraction of sp³-hybridized carbons (Fsp3) is 0.500. The van der Waals surface area contributed by atoms with Crippen LogP contribution in [0.1, 0.15) is 38.7 Å². The third-order valence-corrected chi connectivity index (χ3v) is 4.30. The number of nitrogens with zero attached hydrogens (tertiary/aromatic N) is 1. The van der Waals surface area contributed by atoms with Crippen LogP contribution in [-0.4, -0.2) is 48.2 Å². The number of aliphatic carboxylic acids is 1. The van der Waals surface area contributed by atoms with Gasteiger partial charge in [0.05, 0.1) is 19.1 Å². The van der Waals surface area contributed by atoms with Gasteiger partial charge in [-0.25, -0.2) is 0 Å². The van der Waals surface area contributed by atoms with Gasteiger partial charge in [0.15, 0.2) is 11.5 Å². The Morgan fingerprint density at radius 3 is 2.54 bits per heavy atom. The van der Waals surface area contributed by atoms with Crippen molar-refractivity contribution in [3.8, 4) is 11.5 Å². The molecule has 6 nitrogen and oxygen atoms in total. The predicted molar refractivity (Wildman–Crippen MR) is 99.4 cm³/mol. The van der Waals surface area contributed by atoms with E-state index < -0.39 is 5.97 Å². The Bertz CT molecular complexity index is 648. The Kier molecular flexibility index (Phi) is 7.51. The van der Waals surface area contributed by atoms with E-state index in [2.05, 4.69) is 0 Å². The summed E-state index contributed by atoms with van der Waals surface area (Å²) in [5, 5.41) is 9.02. The minimum absolute atomic E-state index is 0.0990. The van der Waals surface area contributed by atoms with Crippen LogP contribution in [0.4, 0.5) is 0 Å². The van der Waals surface area contributed by atoms with E-state index in [-0.39, 0.29) is 11.8 Å². The highest BCUT2D eigenvalue weighted by molar-refractivity contribution is 5.92. The Labute approximate surface area is 154 Å². The zero-order chi connectivity index (χ0) is 18.9. The molecule has 1 aliphatic rings. The summed E-state index contributed by atoms with van der Waals surface area (Å²) in [5.41, 5.74) is 0.853. The standard InChI is InChI=1S/C20H27NO5/c1-3-13-26-17-7-5-15(14-18(17)25-4-2)6-8-19(22)21-11-9-16(10-12-21)20(23)24/h5-8,14,16H,3-4,9-13H2,1-2H3,(H,23,24). The lowest BCUT2D eigenvalue weighted by atomic mass is 9.97. The molecule has 142 valence electrons. The molecule has 1 amide bonds. The van der Waals surface area contributed by atoms with Crippen LogP contribution in [0.5, 0.6) is 11.5 Å². The Balaban J connectivity index is 1.99. The molecule has 0 bridgehead atoms. The van der Waals surface area contributed by atoms with Crippen LogP contribution in [-0.2, 0) is 9.59 Å². The summed E-state index contributed by atoms with van der Waals surface area (Å²) < 4.78 is 11.3. The number of rotatable bonds is 8. The van der Waals surface area contributed by atoms with Crippen LogP contribution < -0.4 is 9.47 Å². The van der Waals surface area contributed by atoms with Crippen molar-refractivity contribution in [1.82, 2.24) is 4.90 Å². The zero-order valence-corrected chi connectivity index (χ0v) is 15.4. The lowest BCUT2D eigenvalue weighted by molar-refractivity contribution is -0.144. The van der Waals surface area contributed by atoms with Gasteiger partial charge in [0.1, 0.15) is 0 Å². The molecule has 0 saturated carbocycles. The largest absolute Gasteiger partial charge is 0.490 e. The fourth-order valence-corrected chi connectivity index (χ4v) is 2.85. The van der Waals surface area contributed by atoms with Crippen molar-refractivity contribution in [1.29, 1.82) is 0 Å². The van der Waals surface area contributed by atoms with Gasteiger partial charge in [-0.3, -0.25) is 9.59 Å². The van der Waals surface area contributed by atoms with E-state index in [1.54, 1.807) is 11.0 Å². The fourth-order valence-electron chi connectivity index (χ4n) is 2.85. The number of amides is 1. The van der Waals surface area contributed by atoms with Crippen LogP contribution in [0.15, 0.2) is 24.3 Å². The van der Waals surface area contributed by atoms with Crippen LogP contribution in [0, 0.1) is 5.92 Å². The van der Waals surface area contributed by atoms with Gasteiger partial charge < -0.3 is 19.5 Å². The molecule has 1 heterocycles. The molecule has 0 aromatic heterocycles. The molecule has 0 atom stereocenters. The minimum atomic E-state index is -0.776. The van der Waals surface area contributed by atoms with Gasteiger partial charge >= 0.3 is 5.97 Å². The van der Waals surface area contributed by atoms with Crippen molar-refractivity contribution >= 4 is 18.0 Å². The predicted octanol–water partition coefficient (Wildman–Crippen LogP) is 3.21. The molecule has 1 aromatic carbocycles. The molecule has 26 heavy (non-hydrogen) atoms. The summed E-state index contributed by atoms with van der Waals surface area (Å²) in [6, 6.07) is 5.59. The first-order valence-corrected chi connectivity index (χ1v) is 9.14. The van der Waals surface area contributed by atoms with Gasteiger partial charge in [-0.15, -0.1) is 0 Å². The monoisotopic (exact) mass is 361 g/mol. The maximum absolute atomic E-state index is 12.3. The van der Waals surface area contributed by atoms with Crippen molar-refractivity contribution in [3.63, 3.8) is 0 Å². The van der Waals surface area contributed by atoms with Crippen molar-refractivity contribution in [2.75, 3.05) is 26.3 Å². The Morgan fingerprint density at radius 2 is 1.92 bits per heavy atom. The molecular formula is C20H27NO5. The van der Waals surface area contributed by atoms with Crippen molar-refractivity contribution in [3.05, 3.63) is 29.8 Å². The highest BCUT2D eigenvalue weighted by Gasteiger charge is 2.25. The molecule has 1 fully saturated rings. The third-order valence-electron chi connectivity index (χ3n) is 4.30. The maximum atomic E-state index is 12.3. The topological polar surface area (TPSA) is 76.1 Å². The number of carboxylic acid groups (broad SMARTS) is 1. The second-order valence-corrected chi connectivity index (χ2v) is 6.26. The Morgan fingerprint density at radius 1 is 1.19 bits per heavy atom. The molecule has 1 aromatic rings. The number of carbonyl (C=O) groups is 2. The number of carboxylic acids is 1. The van der Waals surface area contributed by atoms with E-state index in [1.807, 2.05) is 32.0 Å². The molecule has 0 aliphatic carbocycles. The van der Waals surface area contributed by atoms with Gasteiger partial charge in [-0.1, -0.05) is 13.0 Å². The molecule has 1 aliphatic heterocycles. The summed E-state index contributed by atoms with van der Waals surface area (Å²) in [4.78, 5) is 25.0. The summed E-state index contributed by atoms with van der Waals surface area (Å²) in [7, 11) is 0. The highest BCUT2D eigenvalue weighted by atomic mass is 16.5. The maximum Gasteiger partial charge on any atom is 0.306 e. The van der Waals surface area contributed by atoms with E-state index in [4.69, 9.17) is 14.6 Å². The molecule has 0 radical (unpaired) electrons. The highest BCUT2D eigenvalue weighted by Crippen LogP contribution is 2.29. The summed E-state index contributed by atoms with van der Waals surface area (Å²) in [6.45, 7) is 6.08. The first-order valence-electron chi connectivity index (χ1n) is 9.14. The lowest BCUT2D eigenvalue weighted by Crippen LogP contribution is -2.39. The summed E-state index contributed by atoms with van der Waals surface area (Å²) >= 11 is 0. The molecular weight excluding hydrogens is 334 g/mol. The van der Waals surface area contributed by atoms with Gasteiger partial charge in [0.2, 0.25) is 5.91 Å². The van der Waals surface area contributed by atoms with E-state index in [1.165, 1.54) is 6.08 Å². The zero-order valence-electron chi connectivity index (χ0n) is 15.4. The molecule has 1 saturated heterocycles. The average Bonchev–Trinajstić information content (AvgIpc) is 2.65. The Hall–Kier alpha value is -2.50. The van der Waals surface area contributed by atoms with Crippen LogP contribution >= 0.6 is 0 Å². The van der Waals surface area contributed by atoms with E-state index >= 15 is 0 Å². The van der Waals surface area contributed by atoms with Crippen LogP contribution in [0.2, 0.25) is 0 Å². The summed E-state index contributed by atoms with van der Waals surface area (Å²) in [5.74, 6) is 0.151. The molecule has 2 rings (SSSR count). The number of hydrogen-bond acceptors (Lipinski definition) is 4. The minimum Gasteiger partial charge on any atom is -0.490 e. The van der Waals surface area contributed by atoms with E-state index in [0.717, 1.165) is 12.0 Å². The van der Waals surface area contributed by atoms with E-state index in [0.29, 0.717) is 50.6 Å². The van der Waals surface area contributed by atoms with Crippen LogP contribution in [0.3, 0.4) is 0 Å². The molecule has 0 spiro atoms. The van der Waals surface area contributed by atoms with Gasteiger partial charge in [0, 0.05) is 19.2 Å². The van der Waals surface area contributed by atoms with Crippen molar-refractivity contribution in [2.24, 2.45) is 5.92 Å². The normalized spacial score (nSPS) is 15.2. The third kappa shape index (κ3) is 5.51. The first-order chi connectivity index (χ1) is 12.5. The molecule has 6 heteroatoms. The molecule has 1 N–H and O–H groups in total. The SMILES string of the molecule is CCCOc1ccc(C=CC(=O)N2CCC(C(=O)O)CC2)cc1OCC. The number of likely N-dealkylation sites (tertiary alicyclic amines) is 1. The second kappa shape index (κ2) is 9.85. The van der Waals surface area contributed by atoms with Crippen molar-refractivity contribution in [2.45, 2.75) is 33.1 Å². The first kappa shape index (κ1) is 19.8. The number of piperidine rings is 1. The number of carbonyl (C=O) groups excluding carboxylic acids is 1. The van der Waals surface area contributed by atoms with Crippen LogP contribution in [0.25, 0.3) is 6.08 Å². The number of hydrogen-bond donors (Lipinski definition) is 1. The van der Waals surface area contributed by atoms with E-state index in [9.17, 15) is 9.59 Å². The van der Waals surface area contributed by atoms with Crippen molar-refractivity contribution < 1.29 is 24.2 Å². The summed E-state index contributed by atoms with van der Waals surface area (Å²) in [6.07, 6.45) is 5.20. The average molecular weight is 361 g/mol. The smallest absolute Gasteiger partial charge is 0.306 e. The van der Waals surface area contributed by atoms with Gasteiger partial charge in [-0.2, -0.15) is 0 Å². The number of benzene rings is 1. The van der Waals surface area contributed by atoms with Gasteiger partial charge in [-0.05, 0) is 50.0 Å². The molecule has 0 unspecified atom stereocenters. The number of ether oxygens (including phenoxy) is 2. The second-order valence-electron chi connectivity index (χ2n) is 6.26.